The molecule has 3 rings (SSSR count). The lowest BCUT2D eigenvalue weighted by Gasteiger charge is -2.19. The Morgan fingerprint density at radius 3 is 3.04 bits per heavy atom. The number of thioether (sulfide) groups is 1. The monoisotopic (exact) mass is 360 g/mol. The quantitative estimate of drug-likeness (QED) is 0.613. The summed E-state index contributed by atoms with van der Waals surface area (Å²) in [5.74, 6) is 1.30. The molecule has 0 radical (unpaired) electrons. The van der Waals surface area contributed by atoms with Gasteiger partial charge in [0, 0.05) is 19.7 Å². The first-order chi connectivity index (χ1) is 12.2. The van der Waals surface area contributed by atoms with E-state index < -0.39 is 0 Å². The van der Waals surface area contributed by atoms with Crippen LogP contribution >= 0.6 is 11.8 Å². The minimum absolute atomic E-state index is 0.239. The van der Waals surface area contributed by atoms with E-state index in [4.69, 9.17) is 0 Å². The number of nitrogens with zero attached hydrogens (tertiary/aromatic N) is 4. The molecule has 2 amide bonds. The van der Waals surface area contributed by atoms with E-state index in [0.29, 0.717) is 12.5 Å². The van der Waals surface area contributed by atoms with Crippen LogP contribution in [-0.2, 0) is 20.1 Å². The number of hydrogen-bond donors (Lipinski definition) is 2. The summed E-state index contributed by atoms with van der Waals surface area (Å²) in [6.07, 6.45) is 13.3. The number of allylic oxidation sites excluding steroid dienone is 2. The van der Waals surface area contributed by atoms with Gasteiger partial charge in [-0.15, -0.1) is 0 Å². The van der Waals surface area contributed by atoms with Gasteiger partial charge in [0.2, 0.25) is 0 Å². The molecule has 2 aromatic rings. The molecule has 1 aliphatic rings. The van der Waals surface area contributed by atoms with E-state index in [1.54, 1.807) is 24.2 Å². The van der Waals surface area contributed by atoms with Crippen LogP contribution in [-0.4, -0.2) is 31.6 Å². The van der Waals surface area contributed by atoms with Crippen molar-refractivity contribution in [1.82, 2.24) is 24.6 Å². The summed E-state index contributed by atoms with van der Waals surface area (Å²) in [7, 11) is 1.95. The summed E-state index contributed by atoms with van der Waals surface area (Å²) in [6, 6.07) is 1.59. The topological polar surface area (TPSA) is 76.8 Å². The summed E-state index contributed by atoms with van der Waals surface area (Å²) >= 11 is 1.58. The fourth-order valence-corrected chi connectivity index (χ4v) is 3.51. The minimum atomic E-state index is -0.239. The van der Waals surface area contributed by atoms with Crippen LogP contribution in [0.5, 0.6) is 0 Å². The van der Waals surface area contributed by atoms with Gasteiger partial charge in [-0.05, 0) is 31.4 Å². The zero-order chi connectivity index (χ0) is 17.6. The largest absolute Gasteiger partial charge is 0.332 e. The molecule has 0 fully saturated rings. The number of carbonyl (C=O) groups excluding carboxylic acids is 1. The second-order valence-corrected chi connectivity index (χ2v) is 6.93. The van der Waals surface area contributed by atoms with Crippen molar-refractivity contribution in [3.05, 3.63) is 36.3 Å². The Labute approximate surface area is 151 Å². The highest BCUT2D eigenvalue weighted by Gasteiger charge is 2.14. The Kier molecular flexibility index (Phi) is 5.80. The van der Waals surface area contributed by atoms with Crippen molar-refractivity contribution in [2.24, 2.45) is 13.0 Å². The summed E-state index contributed by atoms with van der Waals surface area (Å²) in [4.78, 5) is 16.5. The van der Waals surface area contributed by atoms with E-state index in [9.17, 15) is 4.79 Å². The van der Waals surface area contributed by atoms with E-state index in [-0.39, 0.29) is 6.03 Å². The van der Waals surface area contributed by atoms with Crippen molar-refractivity contribution in [2.45, 2.75) is 37.5 Å². The standard InChI is InChI=1S/C17H24N6OS/c1-22-14(11-19-17(22)25-2)10-18-16(24)21-15-8-9-20-23(15)12-13-6-4-3-5-7-13/h3-4,8-9,11,13H,5-7,10,12H2,1-2H3,(H2,18,21,24)/t13-/m1/s1. The molecular weight excluding hydrogens is 336 g/mol. The molecule has 25 heavy (non-hydrogen) atoms. The molecule has 0 unspecified atom stereocenters. The molecule has 2 N–H and O–H groups in total. The zero-order valence-electron chi connectivity index (χ0n) is 14.6. The molecule has 0 spiro atoms. The molecule has 0 saturated heterocycles. The number of anilines is 1. The van der Waals surface area contributed by atoms with Crippen LogP contribution in [0.4, 0.5) is 10.6 Å². The van der Waals surface area contributed by atoms with Gasteiger partial charge >= 0.3 is 6.03 Å². The first kappa shape index (κ1) is 17.6. The first-order valence-electron chi connectivity index (χ1n) is 8.43. The first-order valence-corrected chi connectivity index (χ1v) is 9.66. The molecule has 7 nitrogen and oxygen atoms in total. The fraction of sp³-hybridized carbons (Fsp3) is 0.471. The Morgan fingerprint density at radius 2 is 2.32 bits per heavy atom. The summed E-state index contributed by atoms with van der Waals surface area (Å²) in [6.45, 7) is 1.25. The SMILES string of the molecule is CSc1ncc(CNC(=O)Nc2ccnn2C[C@@H]2CC=CCC2)n1C. The molecule has 0 saturated carbocycles. The van der Waals surface area contributed by atoms with Gasteiger partial charge in [0.05, 0.1) is 24.6 Å². The number of nitrogens with one attached hydrogen (secondary N) is 2. The third-order valence-electron chi connectivity index (χ3n) is 4.42. The molecule has 0 aromatic carbocycles. The van der Waals surface area contributed by atoms with Gasteiger partial charge < -0.3 is 9.88 Å². The van der Waals surface area contributed by atoms with Crippen molar-refractivity contribution in [3.63, 3.8) is 0 Å². The van der Waals surface area contributed by atoms with Gasteiger partial charge in [-0.2, -0.15) is 5.10 Å². The molecule has 8 heteroatoms. The van der Waals surface area contributed by atoms with Gasteiger partial charge in [0.25, 0.3) is 0 Å². The number of amides is 2. The van der Waals surface area contributed by atoms with Gasteiger partial charge in [0.1, 0.15) is 5.82 Å². The van der Waals surface area contributed by atoms with Crippen LogP contribution in [0.15, 0.2) is 35.8 Å². The molecule has 0 aliphatic heterocycles. The summed E-state index contributed by atoms with van der Waals surface area (Å²) < 4.78 is 3.85. The average Bonchev–Trinajstić information content (AvgIpc) is 3.20. The zero-order valence-corrected chi connectivity index (χ0v) is 15.4. The maximum absolute atomic E-state index is 12.2. The second kappa shape index (κ2) is 8.24. The summed E-state index contributed by atoms with van der Waals surface area (Å²) in [5, 5.41) is 11.0. The molecule has 1 aliphatic carbocycles. The van der Waals surface area contributed by atoms with Crippen molar-refractivity contribution in [1.29, 1.82) is 0 Å². The maximum atomic E-state index is 12.2. The van der Waals surface area contributed by atoms with Gasteiger partial charge in [-0.25, -0.2) is 14.5 Å². The highest BCUT2D eigenvalue weighted by molar-refractivity contribution is 7.98. The predicted molar refractivity (Wildman–Crippen MR) is 99.6 cm³/mol. The predicted octanol–water partition coefficient (Wildman–Crippen LogP) is 3.02. The third kappa shape index (κ3) is 4.45. The fourth-order valence-electron chi connectivity index (χ4n) is 2.96. The Hall–Kier alpha value is -2.22. The van der Waals surface area contributed by atoms with Crippen molar-refractivity contribution in [2.75, 3.05) is 11.6 Å². The normalized spacial score (nSPS) is 16.8. The lowest BCUT2D eigenvalue weighted by atomic mass is 9.94. The summed E-state index contributed by atoms with van der Waals surface area (Å²) in [5.41, 5.74) is 0.960. The average molecular weight is 360 g/mol. The number of aromatic nitrogens is 4. The Balaban J connectivity index is 1.53. The van der Waals surface area contributed by atoms with E-state index in [1.165, 1.54) is 6.42 Å². The van der Waals surface area contributed by atoms with E-state index >= 15 is 0 Å². The van der Waals surface area contributed by atoms with Crippen LogP contribution in [0.2, 0.25) is 0 Å². The van der Waals surface area contributed by atoms with E-state index in [1.807, 2.05) is 28.6 Å². The number of carbonyl (C=O) groups is 1. The Bertz CT molecular complexity index is 750. The number of imidazole rings is 1. The molecular formula is C17H24N6OS. The van der Waals surface area contributed by atoms with Crippen LogP contribution in [0.25, 0.3) is 0 Å². The highest BCUT2D eigenvalue weighted by Crippen LogP contribution is 2.21. The Morgan fingerprint density at radius 1 is 1.44 bits per heavy atom. The molecule has 0 bridgehead atoms. The molecule has 1 atom stereocenters. The minimum Gasteiger partial charge on any atom is -0.332 e. The van der Waals surface area contributed by atoms with E-state index in [2.05, 4.69) is 32.9 Å². The number of hydrogen-bond acceptors (Lipinski definition) is 4. The van der Waals surface area contributed by atoms with Gasteiger partial charge in [0.15, 0.2) is 5.16 Å². The van der Waals surface area contributed by atoms with Gasteiger partial charge in [-0.1, -0.05) is 23.9 Å². The molecule has 134 valence electrons. The lowest BCUT2D eigenvalue weighted by molar-refractivity contribution is 0.251. The number of urea groups is 1. The smallest absolute Gasteiger partial charge is 0.320 e. The van der Waals surface area contributed by atoms with Crippen molar-refractivity contribution in [3.8, 4) is 0 Å². The van der Waals surface area contributed by atoms with Crippen molar-refractivity contribution < 1.29 is 4.79 Å². The maximum Gasteiger partial charge on any atom is 0.320 e. The van der Waals surface area contributed by atoms with Crippen LogP contribution in [0, 0.1) is 5.92 Å². The lowest BCUT2D eigenvalue weighted by Crippen LogP contribution is -2.30. The van der Waals surface area contributed by atoms with Crippen LogP contribution in [0.1, 0.15) is 25.0 Å². The third-order valence-corrected chi connectivity index (χ3v) is 5.17. The molecule has 2 aromatic heterocycles. The second-order valence-electron chi connectivity index (χ2n) is 6.15. The highest BCUT2D eigenvalue weighted by atomic mass is 32.2. The van der Waals surface area contributed by atoms with Crippen molar-refractivity contribution >= 4 is 23.6 Å². The van der Waals surface area contributed by atoms with Crippen LogP contribution in [0.3, 0.4) is 0 Å². The molecule has 2 heterocycles. The number of rotatable bonds is 6. The van der Waals surface area contributed by atoms with Gasteiger partial charge in [-0.3, -0.25) is 5.32 Å². The van der Waals surface area contributed by atoms with Crippen LogP contribution < -0.4 is 10.6 Å². The van der Waals surface area contributed by atoms with E-state index in [0.717, 1.165) is 36.1 Å².